The van der Waals surface area contributed by atoms with Crippen LogP contribution in [0.1, 0.15) is 11.9 Å². The second-order valence-corrected chi connectivity index (χ2v) is 18.3. The first-order chi connectivity index (χ1) is 34.9. The molecule has 410 valence electrons. The standard InChI is InChI=1S/C43H58ClNO28/c44-16-8-15(45(60)61)6-7-17(16)63-39-28(55)23(50)33(18(9-46)64-39)70-40-29(56)24(51)34(19(10-47)65-40)71-41-30(57)25(52)35(20(11-48)66-41)72-42-31(58)26(53)36(21(12-49)67-42)73-43-32(59)27(54)37-22(68-43)13-62-38(69-37)14-4-2-1-3-5-14/h1-8,18-43,46-59H,9-13H2/t18-,19-,20-,21-,22-,23-,24-,25-,26-,27-,28-,29-,30-,31-,32-,33-,34-,35-,36-,37-,38?,39-,40+,41+,42+,43+/m1/s1. The Labute approximate surface area is 417 Å². The van der Waals surface area contributed by atoms with Gasteiger partial charge in [-0.15, -0.1) is 0 Å². The second-order valence-electron chi connectivity index (χ2n) is 17.9. The van der Waals surface area contributed by atoms with Gasteiger partial charge in [-0.25, -0.2) is 0 Å². The summed E-state index contributed by atoms with van der Waals surface area (Å²) < 4.78 is 68.6. The molecule has 0 radical (unpaired) electrons. The average molecular weight is 1070 g/mol. The summed E-state index contributed by atoms with van der Waals surface area (Å²) in [4.78, 5) is 10.4. The largest absolute Gasteiger partial charge is 0.460 e. The van der Waals surface area contributed by atoms with Crippen molar-refractivity contribution in [3.05, 3.63) is 69.2 Å². The number of hydrogen-bond donors (Lipinski definition) is 14. The van der Waals surface area contributed by atoms with Crippen LogP contribution in [0.25, 0.3) is 0 Å². The lowest BCUT2D eigenvalue weighted by atomic mass is 9.95. The molecule has 29 nitrogen and oxygen atoms in total. The number of nitro benzene ring substituents is 1. The van der Waals surface area contributed by atoms with Crippen LogP contribution in [0.2, 0.25) is 5.02 Å². The van der Waals surface area contributed by atoms with Crippen LogP contribution < -0.4 is 4.74 Å². The third-order valence-corrected chi connectivity index (χ3v) is 13.5. The molecule has 6 aliphatic rings. The summed E-state index contributed by atoms with van der Waals surface area (Å²) in [6.45, 7) is -3.90. The minimum atomic E-state index is -2.14. The highest BCUT2D eigenvalue weighted by molar-refractivity contribution is 6.32. The molecular formula is C43H58ClNO28. The van der Waals surface area contributed by atoms with Crippen molar-refractivity contribution in [1.82, 2.24) is 0 Å². The van der Waals surface area contributed by atoms with E-state index in [4.69, 9.17) is 68.4 Å². The third-order valence-electron chi connectivity index (χ3n) is 13.2. The summed E-state index contributed by atoms with van der Waals surface area (Å²) in [5, 5.41) is 163. The van der Waals surface area contributed by atoms with E-state index in [1.165, 1.54) is 0 Å². The summed E-state index contributed by atoms with van der Waals surface area (Å²) in [5.74, 6) is -0.202. The van der Waals surface area contributed by atoms with Gasteiger partial charge in [0.2, 0.25) is 6.29 Å². The first-order valence-corrected chi connectivity index (χ1v) is 23.3. The Morgan fingerprint density at radius 1 is 0.521 bits per heavy atom. The van der Waals surface area contributed by atoms with Crippen LogP contribution in [-0.2, 0) is 52.1 Å². The number of halogens is 1. The minimum Gasteiger partial charge on any atom is -0.460 e. The molecule has 14 N–H and O–H groups in total. The third kappa shape index (κ3) is 11.6. The number of aliphatic hydroxyl groups excluding tert-OH is 14. The first kappa shape index (κ1) is 56.1. The molecule has 2 aromatic carbocycles. The molecule has 0 bridgehead atoms. The van der Waals surface area contributed by atoms with E-state index in [0.29, 0.717) is 5.56 Å². The Hall–Kier alpha value is -3.07. The maximum Gasteiger partial charge on any atom is 0.271 e. The van der Waals surface area contributed by atoms with E-state index in [1.54, 1.807) is 30.3 Å². The van der Waals surface area contributed by atoms with Gasteiger partial charge in [-0.3, -0.25) is 10.1 Å². The smallest absolute Gasteiger partial charge is 0.271 e. The molecular weight excluding hydrogens is 1010 g/mol. The number of rotatable bonds is 16. The number of hydrogen-bond acceptors (Lipinski definition) is 28. The number of aliphatic hydroxyl groups is 14. The fourth-order valence-electron chi connectivity index (χ4n) is 9.23. The molecule has 0 aliphatic carbocycles. The minimum absolute atomic E-state index is 0.113. The molecule has 2 aromatic rings. The fraction of sp³-hybridized carbons (Fsp3) is 0.721. The number of non-ortho nitro benzene ring substituents is 1. The van der Waals surface area contributed by atoms with Gasteiger partial charge < -0.3 is 128 Å². The lowest BCUT2D eigenvalue weighted by molar-refractivity contribution is -0.398. The van der Waals surface area contributed by atoms with E-state index in [9.17, 15) is 81.6 Å². The molecule has 0 saturated carbocycles. The summed E-state index contributed by atoms with van der Waals surface area (Å²) in [5.41, 5.74) is 0.267. The van der Waals surface area contributed by atoms with Crippen molar-refractivity contribution < 1.29 is 133 Å². The van der Waals surface area contributed by atoms with E-state index in [0.717, 1.165) is 18.2 Å². The summed E-state index contributed by atoms with van der Waals surface area (Å²) in [7, 11) is 0. The molecule has 6 heterocycles. The van der Waals surface area contributed by atoms with Gasteiger partial charge in [0, 0.05) is 17.7 Å². The Morgan fingerprint density at radius 2 is 0.918 bits per heavy atom. The molecule has 30 heteroatoms. The predicted octanol–water partition coefficient (Wildman–Crippen LogP) is -6.52. The fourth-order valence-corrected chi connectivity index (χ4v) is 9.45. The van der Waals surface area contributed by atoms with Crippen molar-refractivity contribution in [2.45, 2.75) is 160 Å². The van der Waals surface area contributed by atoms with Crippen molar-refractivity contribution in [3.8, 4) is 5.75 Å². The Bertz CT molecular complexity index is 2100. The monoisotopic (exact) mass is 1070 g/mol. The van der Waals surface area contributed by atoms with Crippen molar-refractivity contribution in [2.24, 2.45) is 0 Å². The molecule has 6 saturated heterocycles. The van der Waals surface area contributed by atoms with Crippen LogP contribution in [0, 0.1) is 10.1 Å². The molecule has 6 fully saturated rings. The quantitative estimate of drug-likeness (QED) is 0.0549. The number of ether oxygens (including phenoxy) is 12. The van der Waals surface area contributed by atoms with Gasteiger partial charge in [-0.05, 0) is 6.07 Å². The van der Waals surface area contributed by atoms with Gasteiger partial charge in [0.15, 0.2) is 31.5 Å². The zero-order valence-electron chi connectivity index (χ0n) is 38.0. The second kappa shape index (κ2) is 24.1. The lowest BCUT2D eigenvalue weighted by Crippen LogP contribution is -2.68. The van der Waals surface area contributed by atoms with E-state index < -0.39 is 191 Å². The number of benzene rings is 2. The average Bonchev–Trinajstić information content (AvgIpc) is 3.39. The molecule has 73 heavy (non-hydrogen) atoms. The van der Waals surface area contributed by atoms with Gasteiger partial charge in [-0.1, -0.05) is 41.9 Å². The number of nitro groups is 1. The summed E-state index contributed by atoms with van der Waals surface area (Å²) >= 11 is 6.08. The van der Waals surface area contributed by atoms with Gasteiger partial charge in [0.05, 0.1) is 43.0 Å². The molecule has 8 rings (SSSR count). The molecule has 1 unspecified atom stereocenters. The van der Waals surface area contributed by atoms with Crippen LogP contribution in [0.5, 0.6) is 5.75 Å². The van der Waals surface area contributed by atoms with Crippen LogP contribution in [0.3, 0.4) is 0 Å². The van der Waals surface area contributed by atoms with Gasteiger partial charge in [0.1, 0.15) is 128 Å². The highest BCUT2D eigenvalue weighted by Crippen LogP contribution is 2.39. The highest BCUT2D eigenvalue weighted by Gasteiger charge is 2.57. The van der Waals surface area contributed by atoms with E-state index in [1.807, 2.05) is 0 Å². The van der Waals surface area contributed by atoms with Crippen LogP contribution >= 0.6 is 11.6 Å². The van der Waals surface area contributed by atoms with E-state index in [2.05, 4.69) is 0 Å². The van der Waals surface area contributed by atoms with Crippen molar-refractivity contribution in [2.75, 3.05) is 33.0 Å². The maximum atomic E-state index is 11.3. The maximum absolute atomic E-state index is 11.3. The van der Waals surface area contributed by atoms with Gasteiger partial charge in [-0.2, -0.15) is 0 Å². The van der Waals surface area contributed by atoms with Crippen molar-refractivity contribution >= 4 is 17.3 Å². The predicted molar refractivity (Wildman–Crippen MR) is 230 cm³/mol. The number of fused-ring (bicyclic) bond motifs is 1. The molecule has 0 aromatic heterocycles. The Balaban J connectivity index is 0.862. The Kier molecular flexibility index (Phi) is 18.5. The summed E-state index contributed by atoms with van der Waals surface area (Å²) in [6, 6.07) is 11.9. The van der Waals surface area contributed by atoms with Gasteiger partial charge >= 0.3 is 0 Å². The Morgan fingerprint density at radius 3 is 1.33 bits per heavy atom. The zero-order valence-corrected chi connectivity index (χ0v) is 38.7. The lowest BCUT2D eigenvalue weighted by Gasteiger charge is -2.50. The van der Waals surface area contributed by atoms with Crippen molar-refractivity contribution in [1.29, 1.82) is 0 Å². The molecule has 0 spiro atoms. The number of nitrogens with zero attached hydrogens (tertiary/aromatic N) is 1. The molecule has 0 amide bonds. The van der Waals surface area contributed by atoms with E-state index in [-0.39, 0.29) is 23.1 Å². The topological polar surface area (TPSA) is 437 Å². The van der Waals surface area contributed by atoms with Crippen molar-refractivity contribution in [3.63, 3.8) is 0 Å². The SMILES string of the molecule is O=[N+]([O-])c1ccc(O[C@@H]2O[C@H](CO)[C@@H](O[C@@H]3O[C@H](CO)[C@@H](O[C@@H]4O[C@H](CO)[C@@H](O[C@@H]5O[C@H](CO)[C@@H](O[C@@H]6O[C@@H]7COC(c8ccccc8)O[C@H]7[C@H](O)[C@H]6O)[C@H](O)[C@H]5O)[C@H](O)[C@H]4O)[C@H](O)[C@H]3O)[C@H](O)[C@H]2O)c(Cl)c1. The van der Waals surface area contributed by atoms with Crippen LogP contribution in [-0.4, -0.2) is 263 Å². The first-order valence-electron chi connectivity index (χ1n) is 22.9. The summed E-state index contributed by atoms with van der Waals surface area (Å²) in [6.07, 6.45) is -45.5. The normalized spacial score (nSPS) is 45.3. The zero-order chi connectivity index (χ0) is 52.6. The van der Waals surface area contributed by atoms with Gasteiger partial charge in [0.25, 0.3) is 5.69 Å². The molecule has 26 atom stereocenters. The van der Waals surface area contributed by atoms with E-state index >= 15 is 0 Å². The molecule has 6 aliphatic heterocycles. The van der Waals surface area contributed by atoms with Crippen LogP contribution in [0.4, 0.5) is 5.69 Å². The highest BCUT2D eigenvalue weighted by atomic mass is 35.5. The van der Waals surface area contributed by atoms with Crippen LogP contribution in [0.15, 0.2) is 48.5 Å².